The zero-order valence-corrected chi connectivity index (χ0v) is 14.1. The van der Waals surface area contributed by atoms with Crippen molar-refractivity contribution in [3.05, 3.63) is 35.2 Å². The van der Waals surface area contributed by atoms with Crippen LogP contribution in [0.3, 0.4) is 0 Å². The van der Waals surface area contributed by atoms with Crippen molar-refractivity contribution in [2.75, 3.05) is 11.9 Å². The molecule has 6 heteroatoms. The Labute approximate surface area is 139 Å². The first-order valence-corrected chi connectivity index (χ1v) is 8.70. The van der Waals surface area contributed by atoms with E-state index < -0.39 is 0 Å². The van der Waals surface area contributed by atoms with E-state index in [1.165, 1.54) is 24.4 Å². The molecule has 0 bridgehead atoms. The number of nitrogens with one attached hydrogen (secondary N) is 1. The maximum absolute atomic E-state index is 12.5. The van der Waals surface area contributed by atoms with Crippen molar-refractivity contribution in [3.8, 4) is 5.75 Å². The third-order valence-corrected chi connectivity index (χ3v) is 5.08. The molecule has 4 rings (SSSR count). The molecule has 5 nitrogen and oxygen atoms in total. The summed E-state index contributed by atoms with van der Waals surface area (Å²) < 4.78 is 9.98. The van der Waals surface area contributed by atoms with Gasteiger partial charge < -0.3 is 4.74 Å². The minimum absolute atomic E-state index is 0.0637. The van der Waals surface area contributed by atoms with Crippen LogP contribution in [0.25, 0.3) is 0 Å². The predicted octanol–water partition coefficient (Wildman–Crippen LogP) is 3.41. The molecule has 1 amide bonds. The largest absolute Gasteiger partial charge is 0.492 e. The molecule has 1 fully saturated rings. The molecule has 2 aliphatic rings. The van der Waals surface area contributed by atoms with Crippen LogP contribution >= 0.6 is 11.5 Å². The Morgan fingerprint density at radius 3 is 3.04 bits per heavy atom. The van der Waals surface area contributed by atoms with Crippen LogP contribution in [0.2, 0.25) is 0 Å². The van der Waals surface area contributed by atoms with Crippen LogP contribution in [0.5, 0.6) is 5.75 Å². The van der Waals surface area contributed by atoms with E-state index in [1.807, 2.05) is 12.1 Å². The highest BCUT2D eigenvalue weighted by molar-refractivity contribution is 7.09. The SMILES string of the molecule is CC1(C)COc2ccc(C(=O)Nc3nc(CC4CC4)ns3)cc21. The van der Waals surface area contributed by atoms with Gasteiger partial charge in [-0.1, -0.05) is 13.8 Å². The maximum Gasteiger partial charge on any atom is 0.257 e. The number of ether oxygens (including phenoxy) is 1. The summed E-state index contributed by atoms with van der Waals surface area (Å²) in [6.45, 7) is 4.89. The summed E-state index contributed by atoms with van der Waals surface area (Å²) in [4.78, 5) is 16.9. The second-order valence-corrected chi connectivity index (χ2v) is 7.75. The molecular formula is C17H19N3O2S. The summed E-state index contributed by atoms with van der Waals surface area (Å²) in [7, 11) is 0. The van der Waals surface area contributed by atoms with Gasteiger partial charge in [0, 0.05) is 34.5 Å². The number of rotatable bonds is 4. The quantitative estimate of drug-likeness (QED) is 0.933. The summed E-state index contributed by atoms with van der Waals surface area (Å²) in [5.74, 6) is 2.31. The van der Waals surface area contributed by atoms with E-state index in [1.54, 1.807) is 6.07 Å². The molecule has 0 unspecified atom stereocenters. The molecule has 23 heavy (non-hydrogen) atoms. The number of hydrogen-bond acceptors (Lipinski definition) is 5. The molecule has 2 aromatic rings. The molecule has 2 heterocycles. The van der Waals surface area contributed by atoms with Crippen LogP contribution in [0.1, 0.15) is 48.4 Å². The van der Waals surface area contributed by atoms with Gasteiger partial charge in [-0.25, -0.2) is 4.98 Å². The van der Waals surface area contributed by atoms with Crippen molar-refractivity contribution in [1.82, 2.24) is 9.36 Å². The molecule has 0 radical (unpaired) electrons. The third kappa shape index (κ3) is 2.95. The lowest BCUT2D eigenvalue weighted by atomic mass is 9.86. The zero-order valence-electron chi connectivity index (χ0n) is 13.3. The highest BCUT2D eigenvalue weighted by Gasteiger charge is 2.32. The number of fused-ring (bicyclic) bond motifs is 1. The van der Waals surface area contributed by atoms with E-state index in [0.717, 1.165) is 29.5 Å². The van der Waals surface area contributed by atoms with E-state index in [-0.39, 0.29) is 11.3 Å². The molecule has 1 aliphatic heterocycles. The fraction of sp³-hybridized carbons (Fsp3) is 0.471. The minimum atomic E-state index is -0.148. The molecule has 0 saturated heterocycles. The van der Waals surface area contributed by atoms with Crippen LogP contribution in [0, 0.1) is 5.92 Å². The van der Waals surface area contributed by atoms with Crippen molar-refractivity contribution < 1.29 is 9.53 Å². The summed E-state index contributed by atoms with van der Waals surface area (Å²) in [5.41, 5.74) is 1.64. The molecule has 1 saturated carbocycles. The Morgan fingerprint density at radius 2 is 2.26 bits per heavy atom. The van der Waals surface area contributed by atoms with Gasteiger partial charge in [0.1, 0.15) is 11.6 Å². The molecule has 1 N–H and O–H groups in total. The van der Waals surface area contributed by atoms with Gasteiger partial charge >= 0.3 is 0 Å². The second-order valence-electron chi connectivity index (χ2n) is 7.00. The van der Waals surface area contributed by atoms with E-state index in [2.05, 4.69) is 28.5 Å². The number of carbonyl (C=O) groups excluding carboxylic acids is 1. The first-order chi connectivity index (χ1) is 11.0. The van der Waals surface area contributed by atoms with Gasteiger partial charge in [0.2, 0.25) is 5.13 Å². The minimum Gasteiger partial charge on any atom is -0.492 e. The maximum atomic E-state index is 12.5. The average molecular weight is 329 g/mol. The van der Waals surface area contributed by atoms with E-state index in [0.29, 0.717) is 17.3 Å². The monoisotopic (exact) mass is 329 g/mol. The number of nitrogens with zero attached hydrogens (tertiary/aromatic N) is 2. The molecule has 1 aromatic carbocycles. The second kappa shape index (κ2) is 5.30. The number of hydrogen-bond donors (Lipinski definition) is 1. The summed E-state index contributed by atoms with van der Waals surface area (Å²) in [6, 6.07) is 5.59. The van der Waals surface area contributed by atoms with E-state index >= 15 is 0 Å². The molecular weight excluding hydrogens is 310 g/mol. The number of benzene rings is 1. The van der Waals surface area contributed by atoms with Gasteiger partial charge in [-0.3, -0.25) is 10.1 Å². The standard InChI is InChI=1S/C17H19N3O2S/c1-17(2)9-22-13-6-5-11(8-12(13)17)15(21)19-16-18-14(20-23-16)7-10-3-4-10/h5-6,8,10H,3-4,7,9H2,1-2H3,(H,18,19,20,21). The number of aromatic nitrogens is 2. The van der Waals surface area contributed by atoms with Crippen LogP contribution in [0.15, 0.2) is 18.2 Å². The van der Waals surface area contributed by atoms with Crippen LogP contribution < -0.4 is 10.1 Å². The number of carbonyl (C=O) groups is 1. The van der Waals surface area contributed by atoms with Crippen molar-refractivity contribution >= 4 is 22.6 Å². The number of anilines is 1. The van der Waals surface area contributed by atoms with Gasteiger partial charge in [0.15, 0.2) is 0 Å². The summed E-state index contributed by atoms with van der Waals surface area (Å²) in [5, 5.41) is 3.43. The van der Waals surface area contributed by atoms with Crippen molar-refractivity contribution in [3.63, 3.8) is 0 Å². The Kier molecular flexibility index (Phi) is 3.37. The highest BCUT2D eigenvalue weighted by atomic mass is 32.1. The fourth-order valence-electron chi connectivity index (χ4n) is 2.80. The Bertz CT molecular complexity index is 765. The normalized spacial score (nSPS) is 18.3. The van der Waals surface area contributed by atoms with Crippen molar-refractivity contribution in [2.45, 2.75) is 38.5 Å². The van der Waals surface area contributed by atoms with E-state index in [4.69, 9.17) is 4.74 Å². The lowest BCUT2D eigenvalue weighted by Gasteiger charge is -2.15. The molecule has 1 aliphatic carbocycles. The van der Waals surface area contributed by atoms with Crippen molar-refractivity contribution in [2.24, 2.45) is 5.92 Å². The van der Waals surface area contributed by atoms with Gasteiger partial charge in [-0.05, 0) is 37.0 Å². The lowest BCUT2D eigenvalue weighted by Crippen LogP contribution is -2.19. The number of amides is 1. The van der Waals surface area contributed by atoms with Crippen molar-refractivity contribution in [1.29, 1.82) is 0 Å². The zero-order chi connectivity index (χ0) is 16.0. The molecule has 120 valence electrons. The summed E-state index contributed by atoms with van der Waals surface area (Å²) in [6.07, 6.45) is 3.47. The third-order valence-electron chi connectivity index (χ3n) is 4.42. The van der Waals surface area contributed by atoms with Crippen LogP contribution in [0.4, 0.5) is 5.13 Å². The first-order valence-electron chi connectivity index (χ1n) is 7.92. The van der Waals surface area contributed by atoms with Gasteiger partial charge in [0.25, 0.3) is 5.91 Å². The summed E-state index contributed by atoms with van der Waals surface area (Å²) >= 11 is 1.25. The van der Waals surface area contributed by atoms with Gasteiger partial charge in [-0.2, -0.15) is 4.37 Å². The Hall–Kier alpha value is -1.95. The molecule has 0 spiro atoms. The Balaban J connectivity index is 1.49. The van der Waals surface area contributed by atoms with Crippen LogP contribution in [-0.2, 0) is 11.8 Å². The van der Waals surface area contributed by atoms with Gasteiger partial charge in [0.05, 0.1) is 6.61 Å². The Morgan fingerprint density at radius 1 is 1.43 bits per heavy atom. The fourth-order valence-corrected chi connectivity index (χ4v) is 3.39. The predicted molar refractivity (Wildman–Crippen MR) is 89.3 cm³/mol. The lowest BCUT2D eigenvalue weighted by molar-refractivity contribution is 0.102. The molecule has 1 aromatic heterocycles. The topological polar surface area (TPSA) is 64.1 Å². The molecule has 0 atom stereocenters. The first kappa shape index (κ1) is 14.6. The van der Waals surface area contributed by atoms with E-state index in [9.17, 15) is 4.79 Å². The van der Waals surface area contributed by atoms with Crippen LogP contribution in [-0.4, -0.2) is 21.9 Å². The highest BCUT2D eigenvalue weighted by Crippen LogP contribution is 2.38. The average Bonchev–Trinajstić information content (AvgIpc) is 3.14. The smallest absolute Gasteiger partial charge is 0.257 e. The van der Waals surface area contributed by atoms with Gasteiger partial charge in [-0.15, -0.1) is 0 Å².